The molecule has 0 aliphatic carbocycles. The molecule has 3 N–H and O–H groups in total. The molecular formula is C17H15ClN6O3. The van der Waals surface area contributed by atoms with Gasteiger partial charge >= 0.3 is 5.97 Å². The monoisotopic (exact) mass is 386 g/mol. The number of carbonyl (C=O) groups excluding carboxylic acids is 1. The van der Waals surface area contributed by atoms with Crippen LogP contribution >= 0.6 is 11.6 Å². The van der Waals surface area contributed by atoms with Gasteiger partial charge in [0.2, 0.25) is 11.9 Å². The van der Waals surface area contributed by atoms with Crippen molar-refractivity contribution in [2.24, 2.45) is 0 Å². The molecule has 3 aromatic rings. The van der Waals surface area contributed by atoms with Crippen LogP contribution < -0.4 is 10.6 Å². The Labute approximate surface area is 159 Å². The number of rotatable bonds is 6. The molecule has 1 aromatic carbocycles. The first-order valence-electron chi connectivity index (χ1n) is 7.82. The summed E-state index contributed by atoms with van der Waals surface area (Å²) < 4.78 is 1.47. The molecule has 0 bridgehead atoms. The summed E-state index contributed by atoms with van der Waals surface area (Å²) in [5.74, 6) is -0.887. The maximum absolute atomic E-state index is 11.4. The number of likely N-dealkylation sites (N-methyl/N-ethyl adjacent to an activating group) is 1. The number of halogens is 1. The number of hydrogen-bond acceptors (Lipinski definition) is 6. The van der Waals surface area contributed by atoms with E-state index in [0.29, 0.717) is 22.0 Å². The molecule has 2 heterocycles. The third-order valence-corrected chi connectivity index (χ3v) is 3.90. The van der Waals surface area contributed by atoms with E-state index in [-0.39, 0.29) is 24.0 Å². The molecule has 0 saturated heterocycles. The number of aromatic carboxylic acids is 1. The molecule has 0 aliphatic rings. The Balaban J connectivity index is 1.81. The molecule has 9 nitrogen and oxygen atoms in total. The molecule has 3 rings (SSSR count). The van der Waals surface area contributed by atoms with Crippen molar-refractivity contribution in [1.82, 2.24) is 25.1 Å². The quantitative estimate of drug-likeness (QED) is 0.593. The summed E-state index contributed by atoms with van der Waals surface area (Å²) in [4.78, 5) is 30.9. The topological polar surface area (TPSA) is 122 Å². The maximum Gasteiger partial charge on any atom is 0.335 e. The number of carboxylic acid groups (broad SMARTS) is 1. The summed E-state index contributed by atoms with van der Waals surface area (Å²) in [6.45, 7) is 0.0980. The summed E-state index contributed by atoms with van der Waals surface area (Å²) in [5.41, 5.74) is 1.90. The normalized spacial score (nSPS) is 10.4. The van der Waals surface area contributed by atoms with Crippen LogP contribution in [0, 0.1) is 0 Å². The summed E-state index contributed by atoms with van der Waals surface area (Å²) in [7, 11) is 1.55. The zero-order chi connectivity index (χ0) is 19.4. The number of amides is 1. The van der Waals surface area contributed by atoms with Gasteiger partial charge in [0, 0.05) is 18.8 Å². The standard InChI is InChI=1S/C17H15ClN6O3/c1-19-14(25)9-24-8-12(6-21-24)22-17-20-7-13(18)15(23-17)10-2-4-11(5-3-10)16(26)27/h2-8H,9H2,1H3,(H,19,25)(H,26,27)(H,20,22,23). The van der Waals surface area contributed by atoms with Crippen LogP contribution in [0.4, 0.5) is 11.6 Å². The molecule has 0 radical (unpaired) electrons. The molecular weight excluding hydrogens is 372 g/mol. The second-order valence-corrected chi connectivity index (χ2v) is 5.90. The second kappa shape index (κ2) is 7.83. The molecule has 27 heavy (non-hydrogen) atoms. The van der Waals surface area contributed by atoms with Crippen molar-refractivity contribution in [2.75, 3.05) is 12.4 Å². The van der Waals surface area contributed by atoms with E-state index in [1.807, 2.05) is 0 Å². The minimum atomic E-state index is -1.01. The summed E-state index contributed by atoms with van der Waals surface area (Å²) in [5, 5.41) is 18.9. The van der Waals surface area contributed by atoms with Crippen molar-refractivity contribution in [3.8, 4) is 11.3 Å². The van der Waals surface area contributed by atoms with Crippen LogP contribution in [-0.2, 0) is 11.3 Å². The third kappa shape index (κ3) is 4.39. The number of carboxylic acids is 1. The van der Waals surface area contributed by atoms with Crippen LogP contribution in [0.3, 0.4) is 0 Å². The molecule has 10 heteroatoms. The second-order valence-electron chi connectivity index (χ2n) is 5.50. The predicted molar refractivity (Wildman–Crippen MR) is 99.0 cm³/mol. The van der Waals surface area contributed by atoms with Gasteiger partial charge in [-0.1, -0.05) is 23.7 Å². The molecule has 0 aliphatic heterocycles. The first-order chi connectivity index (χ1) is 13.0. The number of anilines is 2. The van der Waals surface area contributed by atoms with Gasteiger partial charge in [0.15, 0.2) is 0 Å². The minimum Gasteiger partial charge on any atom is -0.478 e. The van der Waals surface area contributed by atoms with Crippen LogP contribution in [-0.4, -0.2) is 43.8 Å². The van der Waals surface area contributed by atoms with Crippen LogP contribution in [0.25, 0.3) is 11.3 Å². The number of nitrogens with zero attached hydrogens (tertiary/aromatic N) is 4. The number of carbonyl (C=O) groups is 2. The Morgan fingerprint density at radius 2 is 1.96 bits per heavy atom. The molecule has 0 fully saturated rings. The van der Waals surface area contributed by atoms with Gasteiger partial charge in [0.05, 0.1) is 34.4 Å². The van der Waals surface area contributed by atoms with Gasteiger partial charge in [0.1, 0.15) is 6.54 Å². The highest BCUT2D eigenvalue weighted by atomic mass is 35.5. The Kier molecular flexibility index (Phi) is 5.32. The first kappa shape index (κ1) is 18.3. The molecule has 0 unspecified atom stereocenters. The Bertz CT molecular complexity index is 987. The largest absolute Gasteiger partial charge is 0.478 e. The Morgan fingerprint density at radius 3 is 2.63 bits per heavy atom. The summed E-state index contributed by atoms with van der Waals surface area (Å²) >= 11 is 6.18. The number of hydrogen-bond donors (Lipinski definition) is 3. The van der Waals surface area contributed by atoms with Gasteiger partial charge in [-0.05, 0) is 12.1 Å². The van der Waals surface area contributed by atoms with Crippen molar-refractivity contribution in [3.05, 3.63) is 53.4 Å². The van der Waals surface area contributed by atoms with Gasteiger partial charge < -0.3 is 15.7 Å². The highest BCUT2D eigenvalue weighted by Gasteiger charge is 2.11. The lowest BCUT2D eigenvalue weighted by atomic mass is 10.1. The van der Waals surface area contributed by atoms with E-state index < -0.39 is 5.97 Å². The molecule has 0 spiro atoms. The van der Waals surface area contributed by atoms with E-state index in [2.05, 4.69) is 25.7 Å². The van der Waals surface area contributed by atoms with Gasteiger partial charge in [0.25, 0.3) is 0 Å². The molecule has 0 atom stereocenters. The van der Waals surface area contributed by atoms with E-state index in [9.17, 15) is 9.59 Å². The first-order valence-corrected chi connectivity index (χ1v) is 8.20. The van der Waals surface area contributed by atoms with E-state index in [1.165, 1.54) is 23.0 Å². The fourth-order valence-corrected chi connectivity index (χ4v) is 2.47. The van der Waals surface area contributed by atoms with Crippen LogP contribution in [0.5, 0.6) is 0 Å². The van der Waals surface area contributed by atoms with Gasteiger partial charge in [-0.3, -0.25) is 9.48 Å². The summed E-state index contributed by atoms with van der Waals surface area (Å²) in [6.07, 6.45) is 4.64. The number of nitrogens with one attached hydrogen (secondary N) is 2. The van der Waals surface area contributed by atoms with Crippen molar-refractivity contribution in [3.63, 3.8) is 0 Å². The Hall–Kier alpha value is -3.46. The van der Waals surface area contributed by atoms with Crippen molar-refractivity contribution < 1.29 is 14.7 Å². The fourth-order valence-electron chi connectivity index (χ4n) is 2.27. The fraction of sp³-hybridized carbons (Fsp3) is 0.118. The molecule has 2 aromatic heterocycles. The van der Waals surface area contributed by atoms with E-state index in [4.69, 9.17) is 16.7 Å². The van der Waals surface area contributed by atoms with Crippen LogP contribution in [0.15, 0.2) is 42.9 Å². The predicted octanol–water partition coefficient (Wildman–Crippen LogP) is 2.18. The average Bonchev–Trinajstić information content (AvgIpc) is 3.10. The molecule has 1 amide bonds. The van der Waals surface area contributed by atoms with Gasteiger partial charge in [-0.15, -0.1) is 0 Å². The maximum atomic E-state index is 11.4. The zero-order valence-electron chi connectivity index (χ0n) is 14.2. The highest BCUT2D eigenvalue weighted by molar-refractivity contribution is 6.32. The zero-order valence-corrected chi connectivity index (χ0v) is 14.9. The smallest absolute Gasteiger partial charge is 0.335 e. The molecule has 138 valence electrons. The highest BCUT2D eigenvalue weighted by Crippen LogP contribution is 2.27. The van der Waals surface area contributed by atoms with E-state index >= 15 is 0 Å². The van der Waals surface area contributed by atoms with E-state index in [1.54, 1.807) is 31.6 Å². The number of benzene rings is 1. The van der Waals surface area contributed by atoms with Gasteiger partial charge in [-0.2, -0.15) is 5.10 Å². The minimum absolute atomic E-state index is 0.0980. The van der Waals surface area contributed by atoms with Crippen LogP contribution in [0.2, 0.25) is 5.02 Å². The average molecular weight is 387 g/mol. The SMILES string of the molecule is CNC(=O)Cn1cc(Nc2ncc(Cl)c(-c3ccc(C(=O)O)cc3)n2)cn1. The lowest BCUT2D eigenvalue weighted by Crippen LogP contribution is -2.23. The number of aromatic nitrogens is 4. The lowest BCUT2D eigenvalue weighted by molar-refractivity contribution is -0.121. The van der Waals surface area contributed by atoms with E-state index in [0.717, 1.165) is 0 Å². The van der Waals surface area contributed by atoms with Crippen molar-refractivity contribution >= 4 is 35.1 Å². The summed E-state index contributed by atoms with van der Waals surface area (Å²) in [6, 6.07) is 6.21. The third-order valence-electron chi connectivity index (χ3n) is 3.62. The Morgan fingerprint density at radius 1 is 1.22 bits per heavy atom. The van der Waals surface area contributed by atoms with Gasteiger partial charge in [-0.25, -0.2) is 14.8 Å². The van der Waals surface area contributed by atoms with Crippen molar-refractivity contribution in [1.29, 1.82) is 0 Å². The van der Waals surface area contributed by atoms with Crippen LogP contribution in [0.1, 0.15) is 10.4 Å². The molecule has 0 saturated carbocycles. The lowest BCUT2D eigenvalue weighted by Gasteiger charge is -2.07. The van der Waals surface area contributed by atoms with Crippen molar-refractivity contribution in [2.45, 2.75) is 6.54 Å².